The Morgan fingerprint density at radius 1 is 1.27 bits per heavy atom. The van der Waals surface area contributed by atoms with Crippen molar-refractivity contribution < 1.29 is 13.8 Å². The van der Waals surface area contributed by atoms with E-state index in [1.54, 1.807) is 19.1 Å². The van der Waals surface area contributed by atoms with Crippen LogP contribution in [0.2, 0.25) is 0 Å². The summed E-state index contributed by atoms with van der Waals surface area (Å²) in [5.41, 5.74) is 2.82. The van der Waals surface area contributed by atoms with Crippen LogP contribution in [0.25, 0.3) is 28.0 Å². The molecule has 2 heterocycles. The Balaban J connectivity index is 2.01. The van der Waals surface area contributed by atoms with E-state index in [0.29, 0.717) is 45.7 Å². The minimum atomic E-state index is -0.428. The highest BCUT2D eigenvalue weighted by atomic mass is 19.1. The maximum atomic E-state index is 13.5. The van der Waals surface area contributed by atoms with Gasteiger partial charge in [0, 0.05) is 29.6 Å². The summed E-state index contributed by atoms with van der Waals surface area (Å²) < 4.78 is 21.1. The fraction of sp³-hybridized carbons (Fsp3) is 0.200. The smallest absolute Gasteiger partial charge is 0.368 e. The lowest BCUT2D eigenvalue weighted by atomic mass is 9.97. The minimum Gasteiger partial charge on any atom is -0.410 e. The number of benzene rings is 2. The van der Waals surface area contributed by atoms with Crippen LogP contribution in [-0.2, 0) is 18.3 Å². The highest BCUT2D eigenvalue weighted by Gasteiger charge is 2.23. The molecule has 0 amide bonds. The molecule has 9 nitrogen and oxygen atoms in total. The van der Waals surface area contributed by atoms with Gasteiger partial charge in [0.25, 0.3) is 0 Å². The second kappa shape index (κ2) is 7.56. The summed E-state index contributed by atoms with van der Waals surface area (Å²) in [5, 5.41) is 12.4. The molecule has 0 spiro atoms. The lowest BCUT2D eigenvalue weighted by molar-refractivity contribution is 0.291. The molecule has 0 radical (unpaired) electrons. The summed E-state index contributed by atoms with van der Waals surface area (Å²) >= 11 is 0. The van der Waals surface area contributed by atoms with E-state index in [1.807, 2.05) is 19.1 Å². The first kappa shape index (κ1) is 19.5. The first-order valence-corrected chi connectivity index (χ1v) is 9.20. The number of nitrogens with two attached hydrogens (primary N) is 1. The van der Waals surface area contributed by atoms with Gasteiger partial charge in [-0.2, -0.15) is 15.3 Å². The number of rotatable bonds is 5. The van der Waals surface area contributed by atoms with E-state index >= 15 is 0 Å². The number of aromatic nitrogens is 5. The standard InChI is InChI=1S/C20H19FN6O3/c1-4-12-6-5-7-15(27-20(28)26(3)24-25-27)17(12)19(29-22)11(2)18-14-9-8-13(21)10-16(14)30-23-18/h5-10H,4,22H2,1-3H3/b19-11+. The average Bonchev–Trinajstić information content (AvgIpc) is 3.31. The Morgan fingerprint density at radius 3 is 2.73 bits per heavy atom. The first-order chi connectivity index (χ1) is 14.5. The van der Waals surface area contributed by atoms with Crippen molar-refractivity contribution in [2.24, 2.45) is 12.9 Å². The van der Waals surface area contributed by atoms with Crippen LogP contribution in [0.1, 0.15) is 30.7 Å². The Bertz CT molecular complexity index is 1330. The number of aryl methyl sites for hydroxylation is 2. The predicted octanol–water partition coefficient (Wildman–Crippen LogP) is 2.59. The SMILES string of the molecule is CCc1cccc(-n2nnn(C)c2=O)c1/C(ON)=C(/C)c1noc2cc(F)ccc12. The zero-order valence-electron chi connectivity index (χ0n) is 16.6. The van der Waals surface area contributed by atoms with Crippen LogP contribution in [0.4, 0.5) is 4.39 Å². The molecule has 0 fully saturated rings. The molecule has 0 saturated heterocycles. The van der Waals surface area contributed by atoms with Crippen LogP contribution in [0.3, 0.4) is 0 Å². The Kier molecular flexibility index (Phi) is 4.92. The molecule has 2 aromatic carbocycles. The summed E-state index contributed by atoms with van der Waals surface area (Å²) in [6.07, 6.45) is 0.642. The molecular formula is C20H19FN6O3. The van der Waals surface area contributed by atoms with Crippen molar-refractivity contribution in [1.82, 2.24) is 24.9 Å². The van der Waals surface area contributed by atoms with Crippen LogP contribution in [0.15, 0.2) is 45.7 Å². The van der Waals surface area contributed by atoms with Gasteiger partial charge in [0.2, 0.25) is 0 Å². The second-order valence-corrected chi connectivity index (χ2v) is 6.71. The van der Waals surface area contributed by atoms with Crippen molar-refractivity contribution in [2.75, 3.05) is 0 Å². The van der Waals surface area contributed by atoms with E-state index < -0.39 is 11.5 Å². The lowest BCUT2D eigenvalue weighted by Gasteiger charge is -2.16. The van der Waals surface area contributed by atoms with E-state index in [4.69, 9.17) is 15.3 Å². The van der Waals surface area contributed by atoms with Gasteiger partial charge in [-0.15, -0.1) is 0 Å². The molecule has 30 heavy (non-hydrogen) atoms. The molecule has 2 N–H and O–H groups in total. The van der Waals surface area contributed by atoms with Gasteiger partial charge >= 0.3 is 5.69 Å². The monoisotopic (exact) mass is 410 g/mol. The van der Waals surface area contributed by atoms with Crippen molar-refractivity contribution in [1.29, 1.82) is 0 Å². The van der Waals surface area contributed by atoms with Crippen molar-refractivity contribution in [3.63, 3.8) is 0 Å². The third kappa shape index (κ3) is 3.07. The van der Waals surface area contributed by atoms with E-state index in [0.717, 1.165) is 10.2 Å². The topological polar surface area (TPSA) is 114 Å². The Labute approximate surface area is 170 Å². The fourth-order valence-electron chi connectivity index (χ4n) is 3.41. The third-order valence-corrected chi connectivity index (χ3v) is 4.93. The lowest BCUT2D eigenvalue weighted by Crippen LogP contribution is -2.23. The average molecular weight is 410 g/mol. The molecule has 4 aromatic rings. The van der Waals surface area contributed by atoms with E-state index in [1.165, 1.54) is 23.9 Å². The molecule has 0 aliphatic rings. The Morgan fingerprint density at radius 2 is 2.07 bits per heavy atom. The normalized spacial score (nSPS) is 12.3. The Hall–Kier alpha value is -3.79. The summed E-state index contributed by atoms with van der Waals surface area (Å²) in [6, 6.07) is 9.61. The summed E-state index contributed by atoms with van der Waals surface area (Å²) in [6.45, 7) is 3.73. The van der Waals surface area contributed by atoms with Gasteiger partial charge in [0.05, 0.1) is 5.69 Å². The van der Waals surface area contributed by atoms with Gasteiger partial charge in [-0.05, 0) is 47.5 Å². The van der Waals surface area contributed by atoms with E-state index in [2.05, 4.69) is 15.6 Å². The second-order valence-electron chi connectivity index (χ2n) is 6.71. The maximum Gasteiger partial charge on any atom is 0.368 e. The maximum absolute atomic E-state index is 13.5. The molecule has 0 unspecified atom stereocenters. The summed E-state index contributed by atoms with van der Waals surface area (Å²) in [7, 11) is 1.51. The molecule has 4 rings (SSSR count). The molecule has 0 atom stereocenters. The van der Waals surface area contributed by atoms with Crippen molar-refractivity contribution >= 4 is 22.3 Å². The van der Waals surface area contributed by atoms with Gasteiger partial charge in [0.1, 0.15) is 11.5 Å². The van der Waals surface area contributed by atoms with Crippen molar-refractivity contribution in [3.8, 4) is 5.69 Å². The number of nitrogens with zero attached hydrogens (tertiary/aromatic N) is 5. The number of fused-ring (bicyclic) bond motifs is 1. The van der Waals surface area contributed by atoms with E-state index in [-0.39, 0.29) is 0 Å². The molecule has 0 bridgehead atoms. The molecule has 10 heteroatoms. The van der Waals surface area contributed by atoms with Crippen molar-refractivity contribution in [2.45, 2.75) is 20.3 Å². The molecule has 0 saturated carbocycles. The van der Waals surface area contributed by atoms with Crippen LogP contribution in [0.5, 0.6) is 0 Å². The van der Waals surface area contributed by atoms with Gasteiger partial charge in [-0.1, -0.05) is 24.2 Å². The predicted molar refractivity (Wildman–Crippen MR) is 108 cm³/mol. The molecule has 0 aliphatic heterocycles. The molecule has 2 aromatic heterocycles. The van der Waals surface area contributed by atoms with Crippen LogP contribution >= 0.6 is 0 Å². The summed E-state index contributed by atoms with van der Waals surface area (Å²) in [4.78, 5) is 17.8. The number of allylic oxidation sites excluding steroid dienone is 1. The van der Waals surface area contributed by atoms with Gasteiger partial charge in [0.15, 0.2) is 11.3 Å². The zero-order valence-corrected chi connectivity index (χ0v) is 16.6. The van der Waals surface area contributed by atoms with Gasteiger partial charge in [-0.25, -0.2) is 9.18 Å². The number of hydrogen-bond donors (Lipinski definition) is 1. The van der Waals surface area contributed by atoms with Gasteiger partial charge < -0.3 is 9.36 Å². The molecular weight excluding hydrogens is 391 g/mol. The number of tetrazole rings is 1. The highest BCUT2D eigenvalue weighted by molar-refractivity contribution is 5.97. The van der Waals surface area contributed by atoms with Gasteiger partial charge in [-0.3, -0.25) is 0 Å². The van der Waals surface area contributed by atoms with Crippen molar-refractivity contribution in [3.05, 3.63) is 69.5 Å². The molecule has 154 valence electrons. The largest absolute Gasteiger partial charge is 0.410 e. The van der Waals surface area contributed by atoms with Crippen LogP contribution < -0.4 is 11.6 Å². The number of halogens is 1. The minimum absolute atomic E-state index is 0.291. The number of hydrogen-bond acceptors (Lipinski definition) is 7. The summed E-state index contributed by atoms with van der Waals surface area (Å²) in [5.74, 6) is 5.55. The first-order valence-electron chi connectivity index (χ1n) is 9.20. The zero-order chi connectivity index (χ0) is 21.4. The third-order valence-electron chi connectivity index (χ3n) is 4.93. The molecule has 0 aliphatic carbocycles. The fourth-order valence-corrected chi connectivity index (χ4v) is 3.41. The van der Waals surface area contributed by atoms with Crippen LogP contribution in [-0.4, -0.2) is 24.9 Å². The van der Waals surface area contributed by atoms with E-state index in [9.17, 15) is 9.18 Å². The highest BCUT2D eigenvalue weighted by Crippen LogP contribution is 2.34. The van der Waals surface area contributed by atoms with Crippen LogP contribution in [0, 0.1) is 5.82 Å². The quantitative estimate of drug-likeness (QED) is 0.397.